The summed E-state index contributed by atoms with van der Waals surface area (Å²) in [6.45, 7) is 3.73. The molecule has 102 valence electrons. The zero-order valence-corrected chi connectivity index (χ0v) is 12.0. The lowest BCUT2D eigenvalue weighted by atomic mass is 10.2. The van der Waals surface area contributed by atoms with E-state index in [-0.39, 0.29) is 6.61 Å². The lowest BCUT2D eigenvalue weighted by molar-refractivity contribution is -0.137. The van der Waals surface area contributed by atoms with Crippen LogP contribution in [0, 0.1) is 6.92 Å². The molecule has 0 atom stereocenters. The Bertz CT molecular complexity index is 527. The van der Waals surface area contributed by atoms with Gasteiger partial charge in [-0.1, -0.05) is 23.2 Å². The highest BCUT2D eigenvalue weighted by Crippen LogP contribution is 2.28. The molecule has 0 aliphatic rings. The van der Waals surface area contributed by atoms with Crippen LogP contribution >= 0.6 is 23.2 Å². The lowest BCUT2D eigenvalue weighted by Gasteiger charge is -2.08. The van der Waals surface area contributed by atoms with E-state index in [9.17, 15) is 9.59 Å². The molecule has 1 amide bonds. The minimum atomic E-state index is -0.566. The molecule has 0 radical (unpaired) electrons. The third-order valence-electron chi connectivity index (χ3n) is 2.18. The average molecular weight is 302 g/mol. The Morgan fingerprint density at radius 1 is 1.26 bits per heavy atom. The van der Waals surface area contributed by atoms with Gasteiger partial charge in [0.15, 0.2) is 0 Å². The van der Waals surface area contributed by atoms with Crippen LogP contribution in [0.25, 0.3) is 0 Å². The molecule has 1 N–H and O–H groups in total. The van der Waals surface area contributed by atoms with Gasteiger partial charge in [0.05, 0.1) is 16.7 Å². The van der Waals surface area contributed by atoms with E-state index in [2.05, 4.69) is 10.1 Å². The number of carbonyl (C=O) groups excluding carboxylic acids is 2. The molecule has 0 aromatic heterocycles. The van der Waals surface area contributed by atoms with Crippen LogP contribution in [0.1, 0.15) is 12.5 Å². The molecule has 19 heavy (non-hydrogen) atoms. The number of hydrogen-bond acceptors (Lipinski definition) is 3. The van der Waals surface area contributed by atoms with Crippen LogP contribution in [-0.2, 0) is 14.3 Å². The third-order valence-corrected chi connectivity index (χ3v) is 2.90. The number of amides is 1. The smallest absolute Gasteiger partial charge is 0.330 e. The topological polar surface area (TPSA) is 55.4 Å². The number of aryl methyl sites for hydroxylation is 1. The molecule has 0 heterocycles. The Balaban J connectivity index is 2.72. The minimum absolute atomic E-state index is 0.261. The van der Waals surface area contributed by atoms with Crippen molar-refractivity contribution in [2.45, 2.75) is 13.8 Å². The van der Waals surface area contributed by atoms with Gasteiger partial charge < -0.3 is 10.1 Å². The van der Waals surface area contributed by atoms with Crippen LogP contribution in [0.5, 0.6) is 0 Å². The maximum absolute atomic E-state index is 11.6. The molecule has 0 aliphatic carbocycles. The highest BCUT2D eigenvalue weighted by Gasteiger charge is 2.06. The fourth-order valence-corrected chi connectivity index (χ4v) is 1.67. The van der Waals surface area contributed by atoms with Gasteiger partial charge in [-0.15, -0.1) is 0 Å². The van der Waals surface area contributed by atoms with Crippen molar-refractivity contribution in [3.8, 4) is 0 Å². The first-order chi connectivity index (χ1) is 8.93. The first kappa shape index (κ1) is 15.5. The number of anilines is 1. The molecule has 1 aromatic rings. The summed E-state index contributed by atoms with van der Waals surface area (Å²) in [7, 11) is 0. The number of benzene rings is 1. The van der Waals surface area contributed by atoms with Gasteiger partial charge in [-0.3, -0.25) is 4.79 Å². The van der Waals surface area contributed by atoms with Crippen molar-refractivity contribution in [3.05, 3.63) is 39.9 Å². The van der Waals surface area contributed by atoms with E-state index in [1.165, 1.54) is 0 Å². The Labute approximate surface area is 121 Å². The molecule has 0 saturated heterocycles. The minimum Gasteiger partial charge on any atom is -0.463 e. The molecule has 1 rings (SSSR count). The van der Waals surface area contributed by atoms with Crippen molar-refractivity contribution in [2.24, 2.45) is 0 Å². The molecule has 0 bridgehead atoms. The monoisotopic (exact) mass is 301 g/mol. The molecule has 1 aromatic carbocycles. The predicted molar refractivity (Wildman–Crippen MR) is 75.6 cm³/mol. The predicted octanol–water partition coefficient (Wildman–Crippen LogP) is 3.36. The molecule has 0 aliphatic heterocycles. The molecule has 0 spiro atoms. The van der Waals surface area contributed by atoms with Crippen LogP contribution in [-0.4, -0.2) is 18.5 Å². The van der Waals surface area contributed by atoms with Crippen LogP contribution < -0.4 is 5.32 Å². The lowest BCUT2D eigenvalue weighted by Crippen LogP contribution is -2.10. The van der Waals surface area contributed by atoms with Crippen LogP contribution in [0.4, 0.5) is 5.69 Å². The van der Waals surface area contributed by atoms with Crippen LogP contribution in [0.3, 0.4) is 0 Å². The number of halogens is 2. The van der Waals surface area contributed by atoms with Gasteiger partial charge in [-0.2, -0.15) is 0 Å². The quantitative estimate of drug-likeness (QED) is 0.685. The molecule has 0 unspecified atom stereocenters. The Morgan fingerprint density at radius 3 is 2.53 bits per heavy atom. The number of esters is 1. The van der Waals surface area contributed by atoms with Crippen LogP contribution in [0.15, 0.2) is 24.3 Å². The van der Waals surface area contributed by atoms with Crippen molar-refractivity contribution < 1.29 is 14.3 Å². The van der Waals surface area contributed by atoms with Crippen LogP contribution in [0.2, 0.25) is 10.0 Å². The fourth-order valence-electron chi connectivity index (χ4n) is 1.29. The molecule has 4 nitrogen and oxygen atoms in total. The maximum atomic E-state index is 11.6. The Morgan fingerprint density at radius 2 is 1.89 bits per heavy atom. The number of ether oxygens (including phenoxy) is 1. The summed E-state index contributed by atoms with van der Waals surface area (Å²) >= 11 is 11.7. The van der Waals surface area contributed by atoms with Crippen molar-refractivity contribution >= 4 is 40.8 Å². The van der Waals surface area contributed by atoms with E-state index in [0.29, 0.717) is 15.7 Å². The second-order valence-electron chi connectivity index (χ2n) is 3.66. The maximum Gasteiger partial charge on any atom is 0.330 e. The third kappa shape index (κ3) is 4.93. The summed E-state index contributed by atoms with van der Waals surface area (Å²) in [6.07, 6.45) is 2.16. The largest absolute Gasteiger partial charge is 0.463 e. The van der Waals surface area contributed by atoms with E-state index in [1.54, 1.807) is 26.0 Å². The Hall–Kier alpha value is -1.52. The second kappa shape index (κ2) is 7.16. The molecule has 6 heteroatoms. The average Bonchev–Trinajstić information content (AvgIpc) is 2.34. The molecular weight excluding hydrogens is 289 g/mol. The highest BCUT2D eigenvalue weighted by atomic mass is 35.5. The second-order valence-corrected chi connectivity index (χ2v) is 4.47. The van der Waals surface area contributed by atoms with E-state index < -0.39 is 11.9 Å². The van der Waals surface area contributed by atoms with Gasteiger partial charge in [-0.25, -0.2) is 4.79 Å². The van der Waals surface area contributed by atoms with Gasteiger partial charge >= 0.3 is 5.97 Å². The van der Waals surface area contributed by atoms with Gasteiger partial charge in [0.2, 0.25) is 5.91 Å². The zero-order chi connectivity index (χ0) is 14.4. The number of carbonyl (C=O) groups is 2. The van der Waals surface area contributed by atoms with Gasteiger partial charge in [0.1, 0.15) is 0 Å². The van der Waals surface area contributed by atoms with Gasteiger partial charge in [0, 0.05) is 17.8 Å². The number of hydrogen-bond donors (Lipinski definition) is 1. The molecular formula is C13H13Cl2NO3. The van der Waals surface area contributed by atoms with Crippen molar-refractivity contribution in [1.29, 1.82) is 0 Å². The van der Waals surface area contributed by atoms with E-state index in [1.807, 2.05) is 0 Å². The summed E-state index contributed by atoms with van der Waals surface area (Å²) in [6, 6.07) is 3.20. The summed E-state index contributed by atoms with van der Waals surface area (Å²) in [4.78, 5) is 22.6. The fraction of sp³-hybridized carbons (Fsp3) is 0.231. The normalized spacial score (nSPS) is 10.5. The molecule has 0 fully saturated rings. The SMILES string of the molecule is CCOC(=O)C=CC(=O)Nc1cc(Cl)c(Cl)cc1C. The first-order valence-corrected chi connectivity index (χ1v) is 6.31. The zero-order valence-electron chi connectivity index (χ0n) is 10.5. The van der Waals surface area contributed by atoms with Crippen molar-refractivity contribution in [1.82, 2.24) is 0 Å². The number of nitrogens with one attached hydrogen (secondary N) is 1. The number of rotatable bonds is 4. The first-order valence-electron chi connectivity index (χ1n) is 5.55. The van der Waals surface area contributed by atoms with Gasteiger partial charge in [-0.05, 0) is 31.5 Å². The summed E-state index contributed by atoms with van der Waals surface area (Å²) < 4.78 is 4.66. The van der Waals surface area contributed by atoms with Gasteiger partial charge in [0.25, 0.3) is 0 Å². The summed E-state index contributed by atoms with van der Waals surface area (Å²) in [5.41, 5.74) is 1.31. The van der Waals surface area contributed by atoms with E-state index >= 15 is 0 Å². The standard InChI is InChI=1S/C13H13Cl2NO3/c1-3-19-13(18)5-4-12(17)16-11-7-10(15)9(14)6-8(11)2/h4-7H,3H2,1-2H3,(H,16,17). The van der Waals surface area contributed by atoms with Crippen molar-refractivity contribution in [2.75, 3.05) is 11.9 Å². The summed E-state index contributed by atoms with van der Waals surface area (Å²) in [5, 5.41) is 3.36. The van der Waals surface area contributed by atoms with E-state index in [4.69, 9.17) is 23.2 Å². The van der Waals surface area contributed by atoms with Crippen molar-refractivity contribution in [3.63, 3.8) is 0 Å². The Kier molecular flexibility index (Phi) is 5.86. The molecule has 0 saturated carbocycles. The summed E-state index contributed by atoms with van der Waals surface area (Å²) in [5.74, 6) is -1.02. The highest BCUT2D eigenvalue weighted by molar-refractivity contribution is 6.42. The van der Waals surface area contributed by atoms with E-state index in [0.717, 1.165) is 17.7 Å².